The van der Waals surface area contributed by atoms with E-state index in [1.165, 1.54) is 34.9 Å². The van der Waals surface area contributed by atoms with Gasteiger partial charge in [-0.1, -0.05) is 24.3 Å². The lowest BCUT2D eigenvalue weighted by molar-refractivity contribution is 0.0946. The first kappa shape index (κ1) is 20.0. The Morgan fingerprint density at radius 1 is 1.23 bits per heavy atom. The number of aromatic amines is 1. The van der Waals surface area contributed by atoms with Crippen molar-refractivity contribution in [1.29, 1.82) is 0 Å². The van der Waals surface area contributed by atoms with Crippen LogP contribution in [-0.2, 0) is 19.5 Å². The topological polar surface area (TPSA) is 74.2 Å². The van der Waals surface area contributed by atoms with E-state index in [1.807, 2.05) is 6.07 Å². The molecular formula is C24H26N4O2S. The molecule has 1 aromatic carbocycles. The number of aromatic nitrogens is 2. The SMILES string of the molecule is O=C(NCC1CC1)c1coc(CN(CCc2c[nH]c3ccccc23)Cc2cccs2)n1. The second kappa shape index (κ2) is 9.08. The molecule has 2 N–H and O–H groups in total. The Labute approximate surface area is 185 Å². The Balaban J connectivity index is 1.25. The highest BCUT2D eigenvalue weighted by Crippen LogP contribution is 2.27. The van der Waals surface area contributed by atoms with Gasteiger partial charge < -0.3 is 14.7 Å². The van der Waals surface area contributed by atoms with Crippen LogP contribution in [0, 0.1) is 5.92 Å². The minimum Gasteiger partial charge on any atom is -0.447 e. The van der Waals surface area contributed by atoms with Gasteiger partial charge in [0, 0.05) is 41.6 Å². The molecule has 0 aliphatic heterocycles. The van der Waals surface area contributed by atoms with Crippen LogP contribution in [0.5, 0.6) is 0 Å². The molecule has 1 fully saturated rings. The molecule has 1 amide bonds. The van der Waals surface area contributed by atoms with Crippen LogP contribution in [0.3, 0.4) is 0 Å². The number of hydrogen-bond donors (Lipinski definition) is 2. The lowest BCUT2D eigenvalue weighted by atomic mass is 10.1. The number of carbonyl (C=O) groups is 1. The number of amides is 1. The van der Waals surface area contributed by atoms with E-state index in [-0.39, 0.29) is 5.91 Å². The van der Waals surface area contributed by atoms with Crippen LogP contribution in [0.2, 0.25) is 0 Å². The summed E-state index contributed by atoms with van der Waals surface area (Å²) in [4.78, 5) is 23.7. The van der Waals surface area contributed by atoms with Crippen molar-refractivity contribution in [3.05, 3.63) is 76.3 Å². The van der Waals surface area contributed by atoms with E-state index < -0.39 is 0 Å². The minimum atomic E-state index is -0.148. The maximum atomic E-state index is 12.3. The summed E-state index contributed by atoms with van der Waals surface area (Å²) < 4.78 is 5.65. The van der Waals surface area contributed by atoms with E-state index in [9.17, 15) is 4.79 Å². The normalized spacial score (nSPS) is 13.8. The van der Waals surface area contributed by atoms with E-state index in [0.717, 1.165) is 31.6 Å². The summed E-state index contributed by atoms with van der Waals surface area (Å²) in [6.45, 7) is 2.99. The molecule has 0 unspecified atom stereocenters. The van der Waals surface area contributed by atoms with Crippen molar-refractivity contribution < 1.29 is 9.21 Å². The molecule has 0 spiro atoms. The molecule has 31 heavy (non-hydrogen) atoms. The fourth-order valence-corrected chi connectivity index (χ4v) is 4.53. The third-order valence-corrected chi connectivity index (χ3v) is 6.58. The maximum Gasteiger partial charge on any atom is 0.273 e. The monoisotopic (exact) mass is 434 g/mol. The Morgan fingerprint density at radius 2 is 2.13 bits per heavy atom. The molecule has 6 nitrogen and oxygen atoms in total. The van der Waals surface area contributed by atoms with Crippen molar-refractivity contribution in [2.24, 2.45) is 5.92 Å². The van der Waals surface area contributed by atoms with E-state index >= 15 is 0 Å². The van der Waals surface area contributed by atoms with Gasteiger partial charge in [-0.2, -0.15) is 0 Å². The van der Waals surface area contributed by atoms with Gasteiger partial charge in [-0.15, -0.1) is 11.3 Å². The Hall–Kier alpha value is -2.90. The van der Waals surface area contributed by atoms with Crippen LogP contribution in [-0.4, -0.2) is 33.9 Å². The average Bonchev–Trinajstić information content (AvgIpc) is 3.16. The third kappa shape index (κ3) is 5.06. The number of nitrogens with one attached hydrogen (secondary N) is 2. The van der Waals surface area contributed by atoms with Gasteiger partial charge in [0.15, 0.2) is 5.69 Å². The van der Waals surface area contributed by atoms with Crippen LogP contribution in [0.1, 0.15) is 39.7 Å². The van der Waals surface area contributed by atoms with Crippen molar-refractivity contribution >= 4 is 28.1 Å². The standard InChI is InChI=1S/C24H26N4O2S/c29-24(26-12-17-7-8-17)22-16-30-23(27-22)15-28(14-19-4-3-11-31-19)10-9-18-13-25-21-6-2-1-5-20(18)21/h1-6,11,13,16-17,25H,7-10,12,14-15H2,(H,26,29). The first-order chi connectivity index (χ1) is 15.2. The Bertz CT molecular complexity index is 1140. The van der Waals surface area contributed by atoms with Gasteiger partial charge in [0.25, 0.3) is 5.91 Å². The van der Waals surface area contributed by atoms with Crippen LogP contribution in [0.25, 0.3) is 10.9 Å². The van der Waals surface area contributed by atoms with E-state index in [1.54, 1.807) is 11.3 Å². The summed E-state index contributed by atoms with van der Waals surface area (Å²) in [5.74, 6) is 1.07. The predicted octanol–water partition coefficient (Wildman–Crippen LogP) is 4.60. The molecule has 5 rings (SSSR count). The smallest absolute Gasteiger partial charge is 0.273 e. The molecular weight excluding hydrogens is 408 g/mol. The van der Waals surface area contributed by atoms with Gasteiger partial charge in [-0.3, -0.25) is 9.69 Å². The maximum absolute atomic E-state index is 12.3. The minimum absolute atomic E-state index is 0.148. The number of carbonyl (C=O) groups excluding carboxylic acids is 1. The second-order valence-electron chi connectivity index (χ2n) is 8.18. The number of fused-ring (bicyclic) bond motifs is 1. The first-order valence-electron chi connectivity index (χ1n) is 10.8. The quantitative estimate of drug-likeness (QED) is 0.382. The number of thiophene rings is 1. The van der Waals surface area contributed by atoms with Crippen molar-refractivity contribution in [1.82, 2.24) is 20.2 Å². The summed E-state index contributed by atoms with van der Waals surface area (Å²) in [5, 5.41) is 6.31. The summed E-state index contributed by atoms with van der Waals surface area (Å²) in [7, 11) is 0. The highest BCUT2D eigenvalue weighted by Gasteiger charge is 2.23. The fourth-order valence-electron chi connectivity index (χ4n) is 3.78. The Morgan fingerprint density at radius 3 is 2.97 bits per heavy atom. The largest absolute Gasteiger partial charge is 0.447 e. The second-order valence-corrected chi connectivity index (χ2v) is 9.21. The first-order valence-corrected chi connectivity index (χ1v) is 11.6. The zero-order valence-electron chi connectivity index (χ0n) is 17.3. The van der Waals surface area contributed by atoms with Crippen LogP contribution >= 0.6 is 11.3 Å². The molecule has 0 saturated heterocycles. The molecule has 7 heteroatoms. The van der Waals surface area contributed by atoms with Crippen LogP contribution in [0.15, 0.2) is 58.7 Å². The molecule has 1 aliphatic rings. The summed E-state index contributed by atoms with van der Waals surface area (Å²) in [5.41, 5.74) is 2.83. The zero-order valence-corrected chi connectivity index (χ0v) is 18.2. The highest BCUT2D eigenvalue weighted by molar-refractivity contribution is 7.09. The van der Waals surface area contributed by atoms with Crippen molar-refractivity contribution in [3.8, 4) is 0 Å². The number of para-hydroxylation sites is 1. The third-order valence-electron chi connectivity index (χ3n) is 5.72. The van der Waals surface area contributed by atoms with Gasteiger partial charge in [-0.05, 0) is 48.3 Å². The van der Waals surface area contributed by atoms with Crippen LogP contribution < -0.4 is 5.32 Å². The van der Waals surface area contributed by atoms with Gasteiger partial charge in [-0.25, -0.2) is 4.98 Å². The predicted molar refractivity (Wildman–Crippen MR) is 122 cm³/mol. The molecule has 1 aliphatic carbocycles. The van der Waals surface area contributed by atoms with Crippen molar-refractivity contribution in [2.45, 2.75) is 32.4 Å². The lowest BCUT2D eigenvalue weighted by Gasteiger charge is -2.20. The van der Waals surface area contributed by atoms with E-state index in [0.29, 0.717) is 24.0 Å². The molecule has 0 radical (unpaired) electrons. The average molecular weight is 435 g/mol. The van der Waals surface area contributed by atoms with Crippen molar-refractivity contribution in [2.75, 3.05) is 13.1 Å². The lowest BCUT2D eigenvalue weighted by Crippen LogP contribution is -2.26. The van der Waals surface area contributed by atoms with Gasteiger partial charge in [0.2, 0.25) is 5.89 Å². The number of nitrogens with zero attached hydrogens (tertiary/aromatic N) is 2. The fraction of sp³-hybridized carbons (Fsp3) is 0.333. The molecule has 1 saturated carbocycles. The summed E-state index contributed by atoms with van der Waals surface area (Å²) >= 11 is 1.75. The number of benzene rings is 1. The summed E-state index contributed by atoms with van der Waals surface area (Å²) in [6, 6.07) is 12.6. The summed E-state index contributed by atoms with van der Waals surface area (Å²) in [6.07, 6.45) is 6.91. The number of hydrogen-bond acceptors (Lipinski definition) is 5. The van der Waals surface area contributed by atoms with Gasteiger partial charge in [0.05, 0.1) is 6.54 Å². The van der Waals surface area contributed by atoms with Crippen molar-refractivity contribution in [3.63, 3.8) is 0 Å². The number of oxazole rings is 1. The molecule has 4 aromatic rings. The number of H-pyrrole nitrogens is 1. The molecule has 3 heterocycles. The molecule has 160 valence electrons. The highest BCUT2D eigenvalue weighted by atomic mass is 32.1. The molecule has 0 atom stereocenters. The molecule has 3 aromatic heterocycles. The van der Waals surface area contributed by atoms with E-state index in [4.69, 9.17) is 4.42 Å². The van der Waals surface area contributed by atoms with Gasteiger partial charge >= 0.3 is 0 Å². The molecule has 0 bridgehead atoms. The zero-order chi connectivity index (χ0) is 21.0. The number of rotatable bonds is 10. The van der Waals surface area contributed by atoms with Gasteiger partial charge in [0.1, 0.15) is 6.26 Å². The van der Waals surface area contributed by atoms with Crippen LogP contribution in [0.4, 0.5) is 0 Å². The van der Waals surface area contributed by atoms with E-state index in [2.05, 4.69) is 62.1 Å². The Kier molecular flexibility index (Phi) is 5.86.